The zero-order chi connectivity index (χ0) is 11.1. The van der Waals surface area contributed by atoms with E-state index in [1.807, 2.05) is 6.92 Å². The number of aldehydes is 1. The third kappa shape index (κ3) is 3.86. The van der Waals surface area contributed by atoms with Gasteiger partial charge in [-0.25, -0.2) is 0 Å². The molecule has 0 amide bonds. The molecule has 0 heterocycles. The summed E-state index contributed by atoms with van der Waals surface area (Å²) in [6, 6.07) is 8.85. The normalized spacial score (nSPS) is 14.0. The molecule has 82 valence electrons. The lowest BCUT2D eigenvalue weighted by molar-refractivity contribution is -0.107. The van der Waals surface area contributed by atoms with Crippen LogP contribution in [-0.2, 0) is 11.2 Å². The first-order chi connectivity index (χ1) is 7.33. The van der Waals surface area contributed by atoms with Gasteiger partial charge in [0, 0.05) is 6.42 Å². The summed E-state index contributed by atoms with van der Waals surface area (Å²) in [5.74, 6) is 0.908. The fraction of sp³-hybridized carbons (Fsp3) is 0.500. The number of rotatable bonds is 3. The van der Waals surface area contributed by atoms with Gasteiger partial charge in [0.15, 0.2) is 0 Å². The van der Waals surface area contributed by atoms with E-state index in [1.165, 1.54) is 19.3 Å². The number of hydrogen-bond acceptors (Lipinski definition) is 1. The number of benzene rings is 1. The van der Waals surface area contributed by atoms with Crippen molar-refractivity contribution in [3.05, 3.63) is 35.4 Å². The van der Waals surface area contributed by atoms with Crippen molar-refractivity contribution >= 4 is 6.29 Å². The maximum absolute atomic E-state index is 9.17. The highest BCUT2D eigenvalue weighted by molar-refractivity contribution is 5.48. The molecule has 1 aliphatic carbocycles. The van der Waals surface area contributed by atoms with Crippen LogP contribution in [0.15, 0.2) is 24.3 Å². The third-order valence-corrected chi connectivity index (χ3v) is 2.62. The van der Waals surface area contributed by atoms with E-state index < -0.39 is 0 Å². The van der Waals surface area contributed by atoms with Gasteiger partial charge < -0.3 is 4.79 Å². The van der Waals surface area contributed by atoms with E-state index in [9.17, 15) is 4.79 Å². The molecule has 1 saturated carbocycles. The Hall–Kier alpha value is -1.11. The quantitative estimate of drug-likeness (QED) is 0.686. The fourth-order valence-electron chi connectivity index (χ4n) is 1.65. The van der Waals surface area contributed by atoms with Crippen LogP contribution in [0.5, 0.6) is 0 Å². The second-order valence-electron chi connectivity index (χ2n) is 3.90. The summed E-state index contributed by atoms with van der Waals surface area (Å²) in [7, 11) is 0. The molecule has 0 aliphatic heterocycles. The van der Waals surface area contributed by atoms with Gasteiger partial charge >= 0.3 is 0 Å². The Morgan fingerprint density at radius 2 is 1.87 bits per heavy atom. The molecule has 1 nitrogen and oxygen atoms in total. The average molecular weight is 204 g/mol. The molecule has 1 heteroatoms. The van der Waals surface area contributed by atoms with Crippen molar-refractivity contribution in [2.75, 3.05) is 0 Å². The first-order valence-electron chi connectivity index (χ1n) is 5.84. The van der Waals surface area contributed by atoms with Gasteiger partial charge in [-0.15, -0.1) is 0 Å². The summed E-state index contributed by atoms with van der Waals surface area (Å²) in [5, 5.41) is 0. The molecule has 1 aliphatic rings. The van der Waals surface area contributed by atoms with Gasteiger partial charge in [0.1, 0.15) is 6.29 Å². The molecule has 0 spiro atoms. The average Bonchev–Trinajstić information content (AvgIpc) is 3.13. The smallest absolute Gasteiger partial charge is 0.119 e. The van der Waals surface area contributed by atoms with E-state index in [4.69, 9.17) is 0 Å². The van der Waals surface area contributed by atoms with Gasteiger partial charge in [-0.1, -0.05) is 38.1 Å². The van der Waals surface area contributed by atoms with Gasteiger partial charge in [0.25, 0.3) is 0 Å². The Balaban J connectivity index is 0.000000245. The molecule has 0 N–H and O–H groups in total. The zero-order valence-electron chi connectivity index (χ0n) is 9.70. The van der Waals surface area contributed by atoms with Crippen LogP contribution in [0.2, 0.25) is 0 Å². The lowest BCUT2D eigenvalue weighted by Crippen LogP contribution is -1.88. The Morgan fingerprint density at radius 1 is 1.27 bits per heavy atom. The maximum atomic E-state index is 9.17. The fourth-order valence-corrected chi connectivity index (χ4v) is 1.65. The van der Waals surface area contributed by atoms with Crippen LogP contribution in [-0.4, -0.2) is 6.29 Å². The molecule has 2 rings (SSSR count). The minimum absolute atomic E-state index is 0.639. The number of hydrogen-bond donors (Lipinski definition) is 0. The Bertz CT molecular complexity index is 300. The van der Waals surface area contributed by atoms with Crippen LogP contribution in [0.1, 0.15) is 50.2 Å². The number of aryl methyl sites for hydroxylation is 1. The first-order valence-corrected chi connectivity index (χ1v) is 5.84. The van der Waals surface area contributed by atoms with Crippen molar-refractivity contribution < 1.29 is 4.79 Å². The van der Waals surface area contributed by atoms with E-state index >= 15 is 0 Å². The number of carbonyl (C=O) groups excluding carboxylic acids is 1. The van der Waals surface area contributed by atoms with E-state index in [2.05, 4.69) is 31.2 Å². The summed E-state index contributed by atoms with van der Waals surface area (Å²) in [6.07, 6.45) is 5.53. The number of carbonyl (C=O) groups is 1. The van der Waals surface area contributed by atoms with Crippen LogP contribution in [0.4, 0.5) is 0 Å². The Kier molecular flexibility index (Phi) is 5.09. The second-order valence-corrected chi connectivity index (χ2v) is 3.90. The third-order valence-electron chi connectivity index (χ3n) is 2.62. The molecule has 0 bridgehead atoms. The Labute approximate surface area is 92.5 Å². The van der Waals surface area contributed by atoms with Gasteiger partial charge in [0.2, 0.25) is 0 Å². The van der Waals surface area contributed by atoms with Gasteiger partial charge in [-0.2, -0.15) is 0 Å². The van der Waals surface area contributed by atoms with Crippen molar-refractivity contribution in [2.45, 2.75) is 45.4 Å². The van der Waals surface area contributed by atoms with Crippen LogP contribution >= 0.6 is 0 Å². The standard InChI is InChI=1S/C11H14.C3H6O/c1-2-9-5-3-4-6-11(9)10-7-8-10;1-2-3-4/h3-6,10H,2,7-8H2,1H3;3H,2H2,1H3. The van der Waals surface area contributed by atoms with Crippen molar-refractivity contribution in [3.8, 4) is 0 Å². The van der Waals surface area contributed by atoms with E-state index in [0.717, 1.165) is 12.2 Å². The van der Waals surface area contributed by atoms with Crippen LogP contribution < -0.4 is 0 Å². The monoisotopic (exact) mass is 204 g/mol. The molecule has 0 aromatic heterocycles. The van der Waals surface area contributed by atoms with Gasteiger partial charge in [0.05, 0.1) is 0 Å². The summed E-state index contributed by atoms with van der Waals surface area (Å²) in [6.45, 7) is 4.05. The predicted octanol–water partition coefficient (Wildman–Crippen LogP) is 3.72. The zero-order valence-corrected chi connectivity index (χ0v) is 9.70. The van der Waals surface area contributed by atoms with Crippen LogP contribution in [0, 0.1) is 0 Å². The highest BCUT2D eigenvalue weighted by atomic mass is 16.1. The second kappa shape index (κ2) is 6.39. The molecule has 0 atom stereocenters. The Morgan fingerprint density at radius 3 is 2.33 bits per heavy atom. The molecular weight excluding hydrogens is 184 g/mol. The SMILES string of the molecule is CCC=O.CCc1ccccc1C1CC1. The first kappa shape index (κ1) is 12.0. The van der Waals surface area contributed by atoms with E-state index in [-0.39, 0.29) is 0 Å². The predicted molar refractivity (Wildman–Crippen MR) is 64.2 cm³/mol. The van der Waals surface area contributed by atoms with Crippen molar-refractivity contribution in [3.63, 3.8) is 0 Å². The molecular formula is C14H20O. The van der Waals surface area contributed by atoms with E-state index in [0.29, 0.717) is 6.42 Å². The molecule has 1 aromatic carbocycles. The minimum Gasteiger partial charge on any atom is -0.303 e. The molecule has 1 fully saturated rings. The highest BCUT2D eigenvalue weighted by Gasteiger charge is 2.24. The van der Waals surface area contributed by atoms with Crippen molar-refractivity contribution in [2.24, 2.45) is 0 Å². The topological polar surface area (TPSA) is 17.1 Å². The summed E-state index contributed by atoms with van der Waals surface area (Å²) < 4.78 is 0. The molecule has 1 aromatic rings. The molecule has 15 heavy (non-hydrogen) atoms. The highest BCUT2D eigenvalue weighted by Crippen LogP contribution is 2.41. The summed E-state index contributed by atoms with van der Waals surface area (Å²) in [5.41, 5.74) is 3.16. The van der Waals surface area contributed by atoms with Crippen molar-refractivity contribution in [1.82, 2.24) is 0 Å². The maximum Gasteiger partial charge on any atom is 0.119 e. The van der Waals surface area contributed by atoms with Crippen LogP contribution in [0.25, 0.3) is 0 Å². The lowest BCUT2D eigenvalue weighted by Gasteiger charge is -2.04. The van der Waals surface area contributed by atoms with Crippen molar-refractivity contribution in [1.29, 1.82) is 0 Å². The van der Waals surface area contributed by atoms with Gasteiger partial charge in [-0.05, 0) is 36.3 Å². The van der Waals surface area contributed by atoms with E-state index in [1.54, 1.807) is 11.1 Å². The minimum atomic E-state index is 0.639. The molecule has 0 saturated heterocycles. The van der Waals surface area contributed by atoms with Gasteiger partial charge in [-0.3, -0.25) is 0 Å². The summed E-state index contributed by atoms with van der Waals surface area (Å²) in [4.78, 5) is 9.17. The van der Waals surface area contributed by atoms with Crippen LogP contribution in [0.3, 0.4) is 0 Å². The molecule has 0 unspecified atom stereocenters. The molecule has 0 radical (unpaired) electrons. The lowest BCUT2D eigenvalue weighted by atomic mass is 10.0. The summed E-state index contributed by atoms with van der Waals surface area (Å²) >= 11 is 0. The largest absolute Gasteiger partial charge is 0.303 e.